The maximum atomic E-state index is 13.2. The van der Waals surface area contributed by atoms with E-state index in [0.29, 0.717) is 16.1 Å². The second-order valence-electron chi connectivity index (χ2n) is 5.84. The first kappa shape index (κ1) is 17.3. The Morgan fingerprint density at radius 1 is 1.00 bits per heavy atom. The van der Waals surface area contributed by atoms with Crippen molar-refractivity contribution in [3.8, 4) is 17.1 Å². The third kappa shape index (κ3) is 2.97. The van der Waals surface area contributed by atoms with E-state index in [0.717, 1.165) is 12.1 Å². The van der Waals surface area contributed by atoms with Crippen LogP contribution in [0.1, 0.15) is 5.56 Å². The molecular weight excluding hydrogens is 383 g/mol. The van der Waals surface area contributed by atoms with Crippen LogP contribution in [0.5, 0.6) is 0 Å². The predicted octanol–water partition coefficient (Wildman–Crippen LogP) is 3.85. The molecule has 2 aromatic carbocycles. The van der Waals surface area contributed by atoms with Crippen molar-refractivity contribution in [2.75, 3.05) is 0 Å². The molecule has 0 atom stereocenters. The zero-order valence-electron chi connectivity index (χ0n) is 13.3. The third-order valence-corrected chi connectivity index (χ3v) is 4.36. The van der Waals surface area contributed by atoms with Gasteiger partial charge in [0, 0.05) is 10.7 Å². The number of aromatic amines is 1. The lowest BCUT2D eigenvalue weighted by atomic mass is 10.1. The molecule has 0 spiro atoms. The second-order valence-corrected chi connectivity index (χ2v) is 6.27. The number of fused-ring (bicyclic) bond motifs is 2. The van der Waals surface area contributed by atoms with E-state index in [2.05, 4.69) is 9.97 Å². The van der Waals surface area contributed by atoms with Crippen molar-refractivity contribution in [1.29, 1.82) is 0 Å². The average Bonchev–Trinajstić information content (AvgIpc) is 2.60. The molecule has 2 heterocycles. The highest BCUT2D eigenvalue weighted by atomic mass is 35.5. The molecule has 0 saturated carbocycles. The zero-order chi connectivity index (χ0) is 19.3. The van der Waals surface area contributed by atoms with Crippen LogP contribution in [-0.4, -0.2) is 14.5 Å². The lowest BCUT2D eigenvalue weighted by Crippen LogP contribution is -2.27. The number of pyridine rings is 1. The Morgan fingerprint density at radius 3 is 2.37 bits per heavy atom. The van der Waals surface area contributed by atoms with Gasteiger partial charge in [0.05, 0.1) is 16.6 Å². The number of nitrogens with one attached hydrogen (secondary N) is 1. The number of nitrogens with zero attached hydrogens (tertiary/aromatic N) is 2. The van der Waals surface area contributed by atoms with Crippen LogP contribution in [0.4, 0.5) is 13.2 Å². The van der Waals surface area contributed by atoms with Crippen molar-refractivity contribution >= 4 is 22.5 Å². The fourth-order valence-electron chi connectivity index (χ4n) is 2.91. The number of hydrogen-bond donors (Lipinski definition) is 1. The molecule has 2 aromatic rings. The average molecular weight is 392 g/mol. The Balaban J connectivity index is 2.21. The summed E-state index contributed by atoms with van der Waals surface area (Å²) >= 11 is 5.89. The van der Waals surface area contributed by atoms with Crippen LogP contribution in [0, 0.1) is 0 Å². The van der Waals surface area contributed by atoms with Crippen LogP contribution in [0.3, 0.4) is 0 Å². The fraction of sp³-hybridized carbons (Fsp3) is 0.0556. The van der Waals surface area contributed by atoms with Gasteiger partial charge in [0.15, 0.2) is 5.82 Å². The summed E-state index contributed by atoms with van der Waals surface area (Å²) in [4.78, 5) is 29.8. The molecule has 2 aliphatic rings. The van der Waals surface area contributed by atoms with E-state index in [1.165, 1.54) is 16.7 Å². The minimum Gasteiger partial charge on any atom is -0.294 e. The topological polar surface area (TPSA) is 67.8 Å². The molecule has 4 rings (SSSR count). The SMILES string of the molecule is O=c1nc2n(-c3ccc(Cl)cc3)c3cc(C(F)(F)F)ccc3cc-2c(=O)[nH]1. The van der Waals surface area contributed by atoms with Crippen LogP contribution in [0.2, 0.25) is 5.02 Å². The Hall–Kier alpha value is -3.13. The first-order valence-electron chi connectivity index (χ1n) is 7.67. The maximum absolute atomic E-state index is 13.2. The van der Waals surface area contributed by atoms with Crippen molar-refractivity contribution in [2.24, 2.45) is 0 Å². The van der Waals surface area contributed by atoms with Crippen LogP contribution in [0.25, 0.3) is 28.0 Å². The van der Waals surface area contributed by atoms with E-state index in [-0.39, 0.29) is 16.9 Å². The van der Waals surface area contributed by atoms with Gasteiger partial charge in [-0.05, 0) is 47.9 Å². The van der Waals surface area contributed by atoms with E-state index >= 15 is 0 Å². The van der Waals surface area contributed by atoms with Gasteiger partial charge in [0.2, 0.25) is 0 Å². The van der Waals surface area contributed by atoms with Gasteiger partial charge in [-0.2, -0.15) is 18.2 Å². The summed E-state index contributed by atoms with van der Waals surface area (Å²) in [6.45, 7) is 0. The summed E-state index contributed by atoms with van der Waals surface area (Å²) in [5.41, 5.74) is -1.78. The summed E-state index contributed by atoms with van der Waals surface area (Å²) in [6.07, 6.45) is -4.55. The van der Waals surface area contributed by atoms with Gasteiger partial charge in [-0.3, -0.25) is 14.3 Å². The van der Waals surface area contributed by atoms with E-state index in [9.17, 15) is 22.8 Å². The number of aromatic nitrogens is 3. The molecule has 136 valence electrons. The lowest BCUT2D eigenvalue weighted by molar-refractivity contribution is -0.137. The van der Waals surface area contributed by atoms with E-state index in [1.807, 2.05) is 0 Å². The van der Waals surface area contributed by atoms with Crippen LogP contribution < -0.4 is 11.2 Å². The molecule has 1 N–H and O–H groups in total. The summed E-state index contributed by atoms with van der Waals surface area (Å²) in [5, 5.41) is 0.812. The Morgan fingerprint density at radius 2 is 1.70 bits per heavy atom. The largest absolute Gasteiger partial charge is 0.416 e. The highest BCUT2D eigenvalue weighted by Crippen LogP contribution is 2.34. The van der Waals surface area contributed by atoms with Gasteiger partial charge in [-0.1, -0.05) is 17.7 Å². The summed E-state index contributed by atoms with van der Waals surface area (Å²) < 4.78 is 40.9. The van der Waals surface area contributed by atoms with Crippen molar-refractivity contribution in [3.05, 3.63) is 80.0 Å². The van der Waals surface area contributed by atoms with Crippen LogP contribution >= 0.6 is 11.6 Å². The molecule has 0 bridgehead atoms. The third-order valence-electron chi connectivity index (χ3n) is 4.11. The van der Waals surface area contributed by atoms with E-state index in [1.54, 1.807) is 24.3 Å². The van der Waals surface area contributed by atoms with Gasteiger partial charge in [-0.25, -0.2) is 4.79 Å². The smallest absolute Gasteiger partial charge is 0.294 e. The first-order valence-corrected chi connectivity index (χ1v) is 8.05. The maximum Gasteiger partial charge on any atom is 0.416 e. The number of H-pyrrole nitrogens is 1. The normalized spacial score (nSPS) is 12.0. The minimum atomic E-state index is -4.55. The Bertz CT molecular complexity index is 1260. The first-order chi connectivity index (χ1) is 12.7. The van der Waals surface area contributed by atoms with Gasteiger partial charge in [-0.15, -0.1) is 0 Å². The molecular formula is C18H9ClF3N3O2. The summed E-state index contributed by atoms with van der Waals surface area (Å²) in [6, 6.07) is 10.8. The van der Waals surface area contributed by atoms with Gasteiger partial charge < -0.3 is 0 Å². The number of benzene rings is 2. The van der Waals surface area contributed by atoms with Crippen molar-refractivity contribution in [1.82, 2.24) is 14.5 Å². The fourth-order valence-corrected chi connectivity index (χ4v) is 3.03. The second kappa shape index (κ2) is 5.95. The number of halogens is 4. The molecule has 2 aliphatic heterocycles. The van der Waals surface area contributed by atoms with Gasteiger partial charge >= 0.3 is 11.9 Å². The van der Waals surface area contributed by atoms with Crippen LogP contribution in [0.15, 0.2) is 58.1 Å². The lowest BCUT2D eigenvalue weighted by Gasteiger charge is -2.18. The predicted molar refractivity (Wildman–Crippen MR) is 94.6 cm³/mol. The van der Waals surface area contributed by atoms with Gasteiger partial charge in [0.1, 0.15) is 0 Å². The Labute approximate surface area is 154 Å². The monoisotopic (exact) mass is 391 g/mol. The molecule has 27 heavy (non-hydrogen) atoms. The quantitative estimate of drug-likeness (QED) is 0.501. The highest BCUT2D eigenvalue weighted by molar-refractivity contribution is 6.30. The van der Waals surface area contributed by atoms with Crippen molar-refractivity contribution < 1.29 is 13.2 Å². The molecule has 0 saturated heterocycles. The Kier molecular flexibility index (Phi) is 3.81. The molecule has 5 nitrogen and oxygen atoms in total. The highest BCUT2D eigenvalue weighted by Gasteiger charge is 2.31. The zero-order valence-corrected chi connectivity index (χ0v) is 14.1. The molecule has 0 radical (unpaired) electrons. The number of alkyl halides is 3. The van der Waals surface area contributed by atoms with E-state index in [4.69, 9.17) is 11.6 Å². The van der Waals surface area contributed by atoms with Crippen molar-refractivity contribution in [2.45, 2.75) is 6.18 Å². The molecule has 0 unspecified atom stereocenters. The molecule has 0 aliphatic carbocycles. The molecule has 0 fully saturated rings. The number of rotatable bonds is 1. The molecule has 0 aromatic heterocycles. The van der Waals surface area contributed by atoms with Crippen molar-refractivity contribution in [3.63, 3.8) is 0 Å². The van der Waals surface area contributed by atoms with Crippen LogP contribution in [-0.2, 0) is 6.18 Å². The van der Waals surface area contributed by atoms with Gasteiger partial charge in [0.25, 0.3) is 5.56 Å². The standard InChI is InChI=1S/C18H9ClF3N3O2/c19-11-3-5-12(6-4-11)25-14-8-10(18(20,21)22)2-1-9(14)7-13-15(25)23-17(27)24-16(13)26/h1-8H,(H,24,26,27). The molecule has 9 heteroatoms. The minimum absolute atomic E-state index is 0.0436. The van der Waals surface area contributed by atoms with E-state index < -0.39 is 23.0 Å². The number of hydrogen-bond acceptors (Lipinski definition) is 3. The summed E-state index contributed by atoms with van der Waals surface area (Å²) in [7, 11) is 0. The molecule has 0 amide bonds. The summed E-state index contributed by atoms with van der Waals surface area (Å²) in [5.74, 6) is -0.0436.